The van der Waals surface area contributed by atoms with E-state index >= 15 is 0 Å². The molecule has 0 spiro atoms. The summed E-state index contributed by atoms with van der Waals surface area (Å²) in [4.78, 5) is 13.9. The van der Waals surface area contributed by atoms with Crippen LogP contribution in [0.3, 0.4) is 0 Å². The molecule has 2 N–H and O–H groups in total. The molecule has 84 valence electrons. The summed E-state index contributed by atoms with van der Waals surface area (Å²) >= 11 is 7.51. The Bertz CT molecular complexity index is 562. The van der Waals surface area contributed by atoms with E-state index in [0.717, 1.165) is 10.1 Å². The van der Waals surface area contributed by atoms with Crippen molar-refractivity contribution in [3.63, 3.8) is 0 Å². The summed E-state index contributed by atoms with van der Waals surface area (Å²) < 4.78 is 0.873. The molecule has 16 heavy (non-hydrogen) atoms. The molecule has 0 radical (unpaired) electrons. The molecule has 1 aromatic heterocycles. The minimum Gasteiger partial charge on any atom is -0.398 e. The molecule has 1 amide bonds. The highest BCUT2D eigenvalue weighted by Crippen LogP contribution is 2.38. The van der Waals surface area contributed by atoms with Crippen molar-refractivity contribution in [3.8, 4) is 0 Å². The average molecular weight is 255 g/mol. The highest BCUT2D eigenvalue weighted by molar-refractivity contribution is 7.22. The number of thiophene rings is 1. The van der Waals surface area contributed by atoms with E-state index in [-0.39, 0.29) is 5.91 Å². The number of hydrogen-bond acceptors (Lipinski definition) is 3. The van der Waals surface area contributed by atoms with Gasteiger partial charge in [-0.3, -0.25) is 4.79 Å². The average Bonchev–Trinajstić information content (AvgIpc) is 2.57. The number of anilines is 1. The molecule has 0 aliphatic heterocycles. The van der Waals surface area contributed by atoms with Gasteiger partial charge in [0.1, 0.15) is 4.88 Å². The van der Waals surface area contributed by atoms with Gasteiger partial charge in [-0.15, -0.1) is 11.3 Å². The van der Waals surface area contributed by atoms with Gasteiger partial charge in [0.05, 0.1) is 9.72 Å². The molecule has 0 saturated heterocycles. The van der Waals surface area contributed by atoms with Crippen LogP contribution in [0.2, 0.25) is 5.02 Å². The summed E-state index contributed by atoms with van der Waals surface area (Å²) in [5, 5.41) is 1.34. The summed E-state index contributed by atoms with van der Waals surface area (Å²) in [6, 6.07) is 5.51. The molecule has 0 fully saturated rings. The van der Waals surface area contributed by atoms with E-state index in [1.165, 1.54) is 16.2 Å². The van der Waals surface area contributed by atoms with E-state index in [0.29, 0.717) is 15.6 Å². The second kappa shape index (κ2) is 3.96. The fraction of sp³-hybridized carbons (Fsp3) is 0.182. The van der Waals surface area contributed by atoms with E-state index < -0.39 is 0 Å². The van der Waals surface area contributed by atoms with Gasteiger partial charge >= 0.3 is 0 Å². The maximum absolute atomic E-state index is 11.9. The van der Waals surface area contributed by atoms with Crippen LogP contribution >= 0.6 is 22.9 Å². The van der Waals surface area contributed by atoms with Crippen LogP contribution in [0.1, 0.15) is 9.67 Å². The SMILES string of the molecule is CN(C)C(=O)c1sc2c(N)cccc2c1Cl. The van der Waals surface area contributed by atoms with Gasteiger partial charge < -0.3 is 10.6 Å². The summed E-state index contributed by atoms with van der Waals surface area (Å²) in [6.07, 6.45) is 0. The Hall–Kier alpha value is -1.26. The van der Waals surface area contributed by atoms with Crippen molar-refractivity contribution in [1.29, 1.82) is 0 Å². The number of fused-ring (bicyclic) bond motifs is 1. The number of benzene rings is 1. The van der Waals surface area contributed by atoms with Crippen LogP contribution in [0.25, 0.3) is 10.1 Å². The lowest BCUT2D eigenvalue weighted by atomic mass is 10.2. The van der Waals surface area contributed by atoms with Crippen molar-refractivity contribution in [2.24, 2.45) is 0 Å². The smallest absolute Gasteiger partial charge is 0.264 e. The molecular weight excluding hydrogens is 244 g/mol. The first-order chi connectivity index (χ1) is 7.52. The van der Waals surface area contributed by atoms with E-state index in [1.807, 2.05) is 12.1 Å². The van der Waals surface area contributed by atoms with Crippen LogP contribution < -0.4 is 5.73 Å². The van der Waals surface area contributed by atoms with Crippen LogP contribution in [0.5, 0.6) is 0 Å². The van der Waals surface area contributed by atoms with Crippen LogP contribution in [0.4, 0.5) is 5.69 Å². The van der Waals surface area contributed by atoms with Crippen molar-refractivity contribution in [2.75, 3.05) is 19.8 Å². The number of carbonyl (C=O) groups is 1. The molecular formula is C11H11ClN2OS. The van der Waals surface area contributed by atoms with E-state index in [1.54, 1.807) is 20.2 Å². The summed E-state index contributed by atoms with van der Waals surface area (Å²) in [6.45, 7) is 0. The van der Waals surface area contributed by atoms with Crippen molar-refractivity contribution in [3.05, 3.63) is 28.1 Å². The summed E-state index contributed by atoms with van der Waals surface area (Å²) in [5.41, 5.74) is 6.50. The molecule has 2 rings (SSSR count). The zero-order valence-corrected chi connectivity index (χ0v) is 10.5. The predicted molar refractivity (Wildman–Crippen MR) is 69.3 cm³/mol. The number of rotatable bonds is 1. The third kappa shape index (κ3) is 1.64. The van der Waals surface area contributed by atoms with E-state index in [2.05, 4.69) is 0 Å². The Labute approximate surface area is 102 Å². The van der Waals surface area contributed by atoms with Crippen LogP contribution in [-0.2, 0) is 0 Å². The minimum absolute atomic E-state index is 0.0920. The molecule has 1 aromatic carbocycles. The van der Waals surface area contributed by atoms with Gasteiger partial charge in [0, 0.05) is 25.2 Å². The fourth-order valence-electron chi connectivity index (χ4n) is 1.45. The number of nitrogens with two attached hydrogens (primary N) is 1. The zero-order valence-electron chi connectivity index (χ0n) is 8.95. The lowest BCUT2D eigenvalue weighted by Crippen LogP contribution is -2.20. The van der Waals surface area contributed by atoms with E-state index in [9.17, 15) is 4.79 Å². The van der Waals surface area contributed by atoms with Gasteiger partial charge in [-0.25, -0.2) is 0 Å². The van der Waals surface area contributed by atoms with E-state index in [4.69, 9.17) is 17.3 Å². The Morgan fingerprint density at radius 3 is 2.69 bits per heavy atom. The molecule has 1 heterocycles. The molecule has 0 atom stereocenters. The normalized spacial score (nSPS) is 10.7. The molecule has 0 aliphatic rings. The Balaban J connectivity index is 2.69. The highest BCUT2D eigenvalue weighted by Gasteiger charge is 2.19. The molecule has 3 nitrogen and oxygen atoms in total. The second-order valence-electron chi connectivity index (χ2n) is 3.67. The number of halogens is 1. The molecule has 2 aromatic rings. The number of hydrogen-bond donors (Lipinski definition) is 1. The standard InChI is InChI=1S/C11H11ClN2OS/c1-14(2)11(15)10-8(12)6-4-3-5-7(13)9(6)16-10/h3-5H,13H2,1-2H3. The van der Waals surface area contributed by atoms with Crippen LogP contribution in [0.15, 0.2) is 18.2 Å². The van der Waals surface area contributed by atoms with Gasteiger partial charge in [-0.1, -0.05) is 23.7 Å². The number of nitrogens with zero attached hydrogens (tertiary/aromatic N) is 1. The second-order valence-corrected chi connectivity index (χ2v) is 5.07. The van der Waals surface area contributed by atoms with Gasteiger partial charge in [0.15, 0.2) is 0 Å². The Morgan fingerprint density at radius 2 is 2.12 bits per heavy atom. The molecule has 0 bridgehead atoms. The summed E-state index contributed by atoms with van der Waals surface area (Å²) in [7, 11) is 3.40. The fourth-order valence-corrected chi connectivity index (χ4v) is 3.00. The molecule has 0 unspecified atom stereocenters. The number of carbonyl (C=O) groups excluding carboxylic acids is 1. The lowest BCUT2D eigenvalue weighted by molar-refractivity contribution is 0.0832. The Kier molecular flexibility index (Phi) is 2.78. The monoisotopic (exact) mass is 254 g/mol. The van der Waals surface area contributed by atoms with Gasteiger partial charge in [-0.2, -0.15) is 0 Å². The van der Waals surface area contributed by atoms with Gasteiger partial charge in [-0.05, 0) is 6.07 Å². The first-order valence-corrected chi connectivity index (χ1v) is 5.90. The first kappa shape index (κ1) is 11.2. The van der Waals surface area contributed by atoms with Crippen molar-refractivity contribution in [2.45, 2.75) is 0 Å². The maximum Gasteiger partial charge on any atom is 0.264 e. The zero-order chi connectivity index (χ0) is 11.9. The van der Waals surface area contributed by atoms with Crippen molar-refractivity contribution in [1.82, 2.24) is 4.90 Å². The van der Waals surface area contributed by atoms with Crippen LogP contribution in [0, 0.1) is 0 Å². The van der Waals surface area contributed by atoms with Crippen LogP contribution in [-0.4, -0.2) is 24.9 Å². The molecule has 0 saturated carbocycles. The van der Waals surface area contributed by atoms with Gasteiger partial charge in [0.25, 0.3) is 5.91 Å². The maximum atomic E-state index is 11.9. The topological polar surface area (TPSA) is 46.3 Å². The Morgan fingerprint density at radius 1 is 1.44 bits per heavy atom. The lowest BCUT2D eigenvalue weighted by Gasteiger charge is -2.07. The number of nitrogen functional groups attached to an aromatic ring is 1. The summed E-state index contributed by atoms with van der Waals surface area (Å²) in [5.74, 6) is -0.0920. The minimum atomic E-state index is -0.0920. The van der Waals surface area contributed by atoms with Gasteiger partial charge in [0.2, 0.25) is 0 Å². The van der Waals surface area contributed by atoms with Crippen molar-refractivity contribution < 1.29 is 4.79 Å². The largest absolute Gasteiger partial charge is 0.398 e. The molecule has 5 heteroatoms. The van der Waals surface area contributed by atoms with Crippen molar-refractivity contribution >= 4 is 44.6 Å². The third-order valence-corrected chi connectivity index (χ3v) is 4.03. The predicted octanol–water partition coefficient (Wildman–Crippen LogP) is 2.84. The number of amides is 1. The highest BCUT2D eigenvalue weighted by atomic mass is 35.5. The first-order valence-electron chi connectivity index (χ1n) is 4.70. The quantitative estimate of drug-likeness (QED) is 0.796. The molecule has 0 aliphatic carbocycles. The third-order valence-electron chi connectivity index (χ3n) is 2.29.